The first-order chi connectivity index (χ1) is 9.24. The van der Waals surface area contributed by atoms with Gasteiger partial charge in [0.15, 0.2) is 6.61 Å². The van der Waals surface area contributed by atoms with Gasteiger partial charge in [-0.3, -0.25) is 9.59 Å². The molecule has 108 valence electrons. The van der Waals surface area contributed by atoms with E-state index in [2.05, 4.69) is 27.9 Å². The molecule has 20 heavy (non-hydrogen) atoms. The Labute approximate surface area is 140 Å². The number of hydrogen-bond donors (Lipinski definition) is 1. The zero-order valence-electron chi connectivity index (χ0n) is 10.6. The van der Waals surface area contributed by atoms with Gasteiger partial charge in [0.1, 0.15) is 9.75 Å². The van der Waals surface area contributed by atoms with Crippen LogP contribution in [0.4, 0.5) is 5.69 Å². The average molecular weight is 428 g/mol. The van der Waals surface area contributed by atoms with Crippen molar-refractivity contribution in [3.05, 3.63) is 27.8 Å². The molecule has 0 radical (unpaired) electrons. The molecule has 1 aromatic carbocycles. The SMILES string of the molecule is C[C@@]1(C(=O)OCC(=O)Nc2ccc(I)cc2)CC1(Cl)Cl. The maximum absolute atomic E-state index is 11.8. The lowest BCUT2D eigenvalue weighted by molar-refractivity contribution is -0.152. The van der Waals surface area contributed by atoms with Crippen LogP contribution in [0.15, 0.2) is 24.3 Å². The number of carbonyl (C=O) groups is 2. The van der Waals surface area contributed by atoms with Crippen molar-refractivity contribution in [2.75, 3.05) is 11.9 Å². The lowest BCUT2D eigenvalue weighted by Gasteiger charge is -2.11. The van der Waals surface area contributed by atoms with E-state index in [9.17, 15) is 9.59 Å². The number of anilines is 1. The van der Waals surface area contributed by atoms with E-state index in [4.69, 9.17) is 27.9 Å². The highest BCUT2D eigenvalue weighted by atomic mass is 127. The number of amides is 1. The molecule has 0 bridgehead atoms. The van der Waals surface area contributed by atoms with Crippen LogP contribution in [0.2, 0.25) is 0 Å². The molecule has 0 spiro atoms. The van der Waals surface area contributed by atoms with Crippen molar-refractivity contribution in [3.63, 3.8) is 0 Å². The highest BCUT2D eigenvalue weighted by molar-refractivity contribution is 14.1. The Balaban J connectivity index is 1.81. The first kappa shape index (κ1) is 15.9. The molecule has 1 aromatic rings. The molecule has 7 heteroatoms. The number of halogens is 3. The van der Waals surface area contributed by atoms with Crippen LogP contribution in [0, 0.1) is 8.99 Å². The molecule has 1 fully saturated rings. The zero-order valence-corrected chi connectivity index (χ0v) is 14.3. The molecule has 0 unspecified atom stereocenters. The first-order valence-corrected chi connectivity index (χ1v) is 7.68. The molecular weight excluding hydrogens is 416 g/mol. The Bertz CT molecular complexity index is 547. The molecule has 1 atom stereocenters. The van der Waals surface area contributed by atoms with E-state index in [1.54, 1.807) is 19.1 Å². The van der Waals surface area contributed by atoms with Gasteiger partial charge in [-0.1, -0.05) is 0 Å². The minimum absolute atomic E-state index is 0.334. The van der Waals surface area contributed by atoms with Gasteiger partial charge in [-0.2, -0.15) is 0 Å². The Morgan fingerprint density at radius 1 is 1.35 bits per heavy atom. The normalized spacial score (nSPS) is 23.0. The van der Waals surface area contributed by atoms with E-state index in [-0.39, 0.29) is 6.61 Å². The van der Waals surface area contributed by atoms with Crippen LogP contribution in [-0.4, -0.2) is 22.8 Å². The maximum atomic E-state index is 11.8. The van der Waals surface area contributed by atoms with Crippen LogP contribution in [0.25, 0.3) is 0 Å². The summed E-state index contributed by atoms with van der Waals surface area (Å²) in [5.74, 6) is -0.959. The second-order valence-corrected chi connectivity index (χ2v) is 7.57. The van der Waals surface area contributed by atoms with Crippen molar-refractivity contribution in [1.82, 2.24) is 0 Å². The van der Waals surface area contributed by atoms with E-state index >= 15 is 0 Å². The molecule has 1 aliphatic carbocycles. The van der Waals surface area contributed by atoms with Crippen molar-refractivity contribution < 1.29 is 14.3 Å². The van der Waals surface area contributed by atoms with Crippen LogP contribution in [0.5, 0.6) is 0 Å². The molecule has 1 saturated carbocycles. The summed E-state index contributed by atoms with van der Waals surface area (Å²) in [5.41, 5.74) is -0.271. The van der Waals surface area contributed by atoms with Gasteiger partial charge in [0.05, 0.1) is 0 Å². The molecule has 2 rings (SSSR count). The van der Waals surface area contributed by atoms with Gasteiger partial charge in [0, 0.05) is 15.7 Å². The van der Waals surface area contributed by atoms with Crippen molar-refractivity contribution in [2.45, 2.75) is 17.7 Å². The highest BCUT2D eigenvalue weighted by Crippen LogP contribution is 2.64. The van der Waals surface area contributed by atoms with Crippen molar-refractivity contribution >= 4 is 63.4 Å². The maximum Gasteiger partial charge on any atom is 0.315 e. The van der Waals surface area contributed by atoms with Crippen LogP contribution >= 0.6 is 45.8 Å². The van der Waals surface area contributed by atoms with Gasteiger partial charge < -0.3 is 10.1 Å². The van der Waals surface area contributed by atoms with Crippen LogP contribution in [0.3, 0.4) is 0 Å². The molecular formula is C13H12Cl2INO3. The minimum Gasteiger partial charge on any atom is -0.455 e. The molecule has 1 N–H and O–H groups in total. The van der Waals surface area contributed by atoms with E-state index in [0.717, 1.165) is 3.57 Å². The minimum atomic E-state index is -1.09. The highest BCUT2D eigenvalue weighted by Gasteiger charge is 2.69. The lowest BCUT2D eigenvalue weighted by Crippen LogP contribution is -2.26. The Morgan fingerprint density at radius 3 is 2.40 bits per heavy atom. The summed E-state index contributed by atoms with van der Waals surface area (Å²) in [6.07, 6.45) is 0.334. The van der Waals surface area contributed by atoms with Gasteiger partial charge in [0.2, 0.25) is 0 Å². The average Bonchev–Trinajstić information content (AvgIpc) is 2.90. The van der Waals surface area contributed by atoms with E-state index in [1.807, 2.05) is 12.1 Å². The van der Waals surface area contributed by atoms with E-state index < -0.39 is 21.6 Å². The third kappa shape index (κ3) is 3.38. The van der Waals surface area contributed by atoms with Crippen molar-refractivity contribution in [3.8, 4) is 0 Å². The summed E-state index contributed by atoms with van der Waals surface area (Å²) >= 11 is 13.9. The molecule has 0 saturated heterocycles. The number of carbonyl (C=O) groups excluding carboxylic acids is 2. The van der Waals surface area contributed by atoms with Crippen LogP contribution in [0.1, 0.15) is 13.3 Å². The molecule has 0 aromatic heterocycles. The van der Waals surface area contributed by atoms with Gasteiger partial charge >= 0.3 is 5.97 Å². The third-order valence-electron chi connectivity index (χ3n) is 3.17. The fraction of sp³-hybridized carbons (Fsp3) is 0.385. The summed E-state index contributed by atoms with van der Waals surface area (Å²) < 4.78 is 4.92. The number of alkyl halides is 2. The predicted octanol–water partition coefficient (Wildman–Crippen LogP) is 3.36. The fourth-order valence-electron chi connectivity index (χ4n) is 1.64. The quantitative estimate of drug-likeness (QED) is 0.455. The largest absolute Gasteiger partial charge is 0.455 e. The molecule has 1 aliphatic rings. The Morgan fingerprint density at radius 2 is 1.90 bits per heavy atom. The third-order valence-corrected chi connectivity index (χ3v) is 4.99. The number of benzene rings is 1. The fourth-order valence-corrected chi connectivity index (χ4v) is 2.69. The molecule has 0 aliphatic heterocycles. The van der Waals surface area contributed by atoms with Gasteiger partial charge in [-0.15, -0.1) is 23.2 Å². The number of rotatable bonds is 4. The van der Waals surface area contributed by atoms with Gasteiger partial charge in [-0.25, -0.2) is 0 Å². The van der Waals surface area contributed by atoms with Crippen LogP contribution in [-0.2, 0) is 14.3 Å². The summed E-state index contributed by atoms with van der Waals surface area (Å²) in [5, 5.41) is 2.63. The standard InChI is InChI=1S/C13H12Cl2INO3/c1-12(7-13(12,14)15)11(19)20-6-10(18)17-9-4-2-8(16)3-5-9/h2-5H,6-7H2,1H3,(H,17,18)/t12-/m0/s1. The number of ether oxygens (including phenoxy) is 1. The van der Waals surface area contributed by atoms with Crippen molar-refractivity contribution in [1.29, 1.82) is 0 Å². The number of esters is 1. The molecule has 4 nitrogen and oxygen atoms in total. The second-order valence-electron chi connectivity index (χ2n) is 4.84. The summed E-state index contributed by atoms with van der Waals surface area (Å²) in [6, 6.07) is 7.27. The first-order valence-electron chi connectivity index (χ1n) is 5.85. The molecule has 1 amide bonds. The van der Waals surface area contributed by atoms with Gasteiger partial charge in [-0.05, 0) is 53.8 Å². The topological polar surface area (TPSA) is 55.4 Å². The molecule has 0 heterocycles. The van der Waals surface area contributed by atoms with E-state index in [0.29, 0.717) is 12.1 Å². The Kier molecular flexibility index (Phi) is 4.51. The number of nitrogens with one attached hydrogen (secondary N) is 1. The van der Waals surface area contributed by atoms with Crippen LogP contribution < -0.4 is 5.32 Å². The summed E-state index contributed by atoms with van der Waals surface area (Å²) in [6.45, 7) is 1.26. The smallest absolute Gasteiger partial charge is 0.315 e. The zero-order chi connectivity index (χ0) is 15.0. The predicted molar refractivity (Wildman–Crippen MR) is 85.9 cm³/mol. The number of hydrogen-bond acceptors (Lipinski definition) is 3. The second kappa shape index (κ2) is 5.69. The van der Waals surface area contributed by atoms with E-state index in [1.165, 1.54) is 0 Å². The van der Waals surface area contributed by atoms with Crippen molar-refractivity contribution in [2.24, 2.45) is 5.41 Å². The Hall–Kier alpha value is -0.530. The summed E-state index contributed by atoms with van der Waals surface area (Å²) in [7, 11) is 0. The monoisotopic (exact) mass is 427 g/mol. The van der Waals surface area contributed by atoms with Gasteiger partial charge in [0.25, 0.3) is 5.91 Å². The lowest BCUT2D eigenvalue weighted by atomic mass is 10.1. The summed E-state index contributed by atoms with van der Waals surface area (Å²) in [4.78, 5) is 23.4.